The number of aromatic nitrogens is 1. The van der Waals surface area contributed by atoms with E-state index in [0.29, 0.717) is 12.1 Å². The lowest BCUT2D eigenvalue weighted by atomic mass is 10.0. The number of nitrogens with zero attached hydrogens (tertiary/aromatic N) is 2. The zero-order valence-corrected chi connectivity index (χ0v) is 12.6. The number of carbonyl (C=O) groups is 1. The first kappa shape index (κ1) is 15.2. The summed E-state index contributed by atoms with van der Waals surface area (Å²) >= 11 is 0. The molecule has 0 aliphatic rings. The highest BCUT2D eigenvalue weighted by Crippen LogP contribution is 2.15. The molecular weight excluding hydrogens is 264 g/mol. The molecule has 1 heterocycles. The predicted molar refractivity (Wildman–Crippen MR) is 82.5 cm³/mol. The Labute approximate surface area is 125 Å². The number of likely N-dealkylation sites (N-methyl/N-ethyl adjacent to an activating group) is 1. The van der Waals surface area contributed by atoms with Crippen LogP contribution in [0.5, 0.6) is 5.75 Å². The van der Waals surface area contributed by atoms with Gasteiger partial charge in [0, 0.05) is 18.3 Å². The number of benzene rings is 1. The lowest BCUT2D eigenvalue weighted by molar-refractivity contribution is 0.0861. The quantitative estimate of drug-likeness (QED) is 0.765. The van der Waals surface area contributed by atoms with Crippen LogP contribution in [0.3, 0.4) is 0 Å². The molecule has 0 radical (unpaired) electrons. The predicted octanol–water partition coefficient (Wildman–Crippen LogP) is 2.79. The number of Topliss-reactive ketones (excluding diaryl/α,β-unsaturated/α-hetero) is 1. The minimum absolute atomic E-state index is 0.0936. The van der Waals surface area contributed by atoms with Crippen LogP contribution >= 0.6 is 0 Å². The van der Waals surface area contributed by atoms with Crippen molar-refractivity contribution in [3.8, 4) is 5.75 Å². The van der Waals surface area contributed by atoms with Crippen molar-refractivity contribution in [2.45, 2.75) is 19.5 Å². The van der Waals surface area contributed by atoms with Gasteiger partial charge in [-0.15, -0.1) is 0 Å². The molecule has 0 saturated heterocycles. The van der Waals surface area contributed by atoms with E-state index in [2.05, 4.69) is 4.98 Å². The normalized spacial score (nSPS) is 12.2. The second-order valence-electron chi connectivity index (χ2n) is 5.00. The summed E-state index contributed by atoms with van der Waals surface area (Å²) in [7, 11) is 3.54. The van der Waals surface area contributed by atoms with E-state index in [-0.39, 0.29) is 11.8 Å². The number of carbonyl (C=O) groups excluding carboxylic acids is 1. The van der Waals surface area contributed by atoms with Gasteiger partial charge in [0.15, 0.2) is 5.78 Å². The van der Waals surface area contributed by atoms with Gasteiger partial charge in [0.2, 0.25) is 0 Å². The molecule has 0 N–H and O–H groups in total. The molecule has 2 rings (SSSR count). The Bertz CT molecular complexity index is 581. The summed E-state index contributed by atoms with van der Waals surface area (Å²) in [4.78, 5) is 18.8. The van der Waals surface area contributed by atoms with Crippen LogP contribution in [0.25, 0.3) is 0 Å². The van der Waals surface area contributed by atoms with E-state index >= 15 is 0 Å². The van der Waals surface area contributed by atoms with Crippen LogP contribution in [-0.2, 0) is 6.54 Å². The number of pyridine rings is 1. The molecule has 110 valence electrons. The topological polar surface area (TPSA) is 42.4 Å². The first-order valence-corrected chi connectivity index (χ1v) is 6.90. The fourth-order valence-corrected chi connectivity index (χ4v) is 2.08. The Morgan fingerprint density at radius 2 is 1.95 bits per heavy atom. The Hall–Kier alpha value is -2.20. The molecule has 2 aromatic rings. The molecule has 4 nitrogen and oxygen atoms in total. The molecule has 0 saturated carbocycles. The number of rotatable bonds is 6. The second kappa shape index (κ2) is 6.99. The maximum atomic E-state index is 12.5. The third-order valence-corrected chi connectivity index (χ3v) is 3.55. The number of ether oxygens (including phenoxy) is 1. The van der Waals surface area contributed by atoms with Gasteiger partial charge in [-0.2, -0.15) is 0 Å². The van der Waals surface area contributed by atoms with Gasteiger partial charge >= 0.3 is 0 Å². The Balaban J connectivity index is 2.03. The molecule has 1 aromatic carbocycles. The molecule has 1 aromatic heterocycles. The zero-order chi connectivity index (χ0) is 15.2. The number of methoxy groups -OCH3 is 1. The average Bonchev–Trinajstić information content (AvgIpc) is 2.54. The number of ketones is 1. The maximum Gasteiger partial charge on any atom is 0.179 e. The summed E-state index contributed by atoms with van der Waals surface area (Å²) in [6.07, 6.45) is 1.76. The van der Waals surface area contributed by atoms with Crippen LogP contribution < -0.4 is 4.74 Å². The molecule has 0 aliphatic heterocycles. The summed E-state index contributed by atoms with van der Waals surface area (Å²) in [6, 6.07) is 12.8. The second-order valence-corrected chi connectivity index (χ2v) is 5.00. The van der Waals surface area contributed by atoms with Crippen LogP contribution in [0.4, 0.5) is 0 Å². The SMILES string of the molecule is COc1ccc(C(=O)C(C)N(C)Cc2ccccn2)cc1. The van der Waals surface area contributed by atoms with Gasteiger partial charge in [-0.25, -0.2) is 0 Å². The third-order valence-electron chi connectivity index (χ3n) is 3.55. The number of hydrogen-bond acceptors (Lipinski definition) is 4. The highest BCUT2D eigenvalue weighted by Gasteiger charge is 2.20. The standard InChI is InChI=1S/C17H20N2O2/c1-13(19(2)12-15-6-4-5-11-18-15)17(20)14-7-9-16(21-3)10-8-14/h4-11,13H,12H2,1-3H3. The molecule has 1 atom stereocenters. The molecule has 4 heteroatoms. The van der Waals surface area contributed by atoms with Crippen LogP contribution in [-0.4, -0.2) is 35.9 Å². The molecule has 21 heavy (non-hydrogen) atoms. The maximum absolute atomic E-state index is 12.5. The highest BCUT2D eigenvalue weighted by molar-refractivity contribution is 5.99. The fourth-order valence-electron chi connectivity index (χ4n) is 2.08. The van der Waals surface area contributed by atoms with Crippen LogP contribution in [0.15, 0.2) is 48.7 Å². The summed E-state index contributed by atoms with van der Waals surface area (Å²) < 4.78 is 5.11. The third kappa shape index (κ3) is 3.89. The minimum Gasteiger partial charge on any atom is -0.497 e. The summed E-state index contributed by atoms with van der Waals surface area (Å²) in [5.74, 6) is 0.845. The first-order valence-electron chi connectivity index (χ1n) is 6.90. The Kier molecular flexibility index (Phi) is 5.06. The monoisotopic (exact) mass is 284 g/mol. The molecule has 0 amide bonds. The fraction of sp³-hybridized carbons (Fsp3) is 0.294. The highest BCUT2D eigenvalue weighted by atomic mass is 16.5. The van der Waals surface area contributed by atoms with Crippen molar-refractivity contribution in [1.82, 2.24) is 9.88 Å². The van der Waals surface area contributed by atoms with Crippen molar-refractivity contribution >= 4 is 5.78 Å². The van der Waals surface area contributed by atoms with Crippen molar-refractivity contribution in [2.75, 3.05) is 14.2 Å². The van der Waals surface area contributed by atoms with Crippen LogP contribution in [0.1, 0.15) is 23.0 Å². The van der Waals surface area contributed by atoms with E-state index in [1.807, 2.05) is 37.1 Å². The zero-order valence-electron chi connectivity index (χ0n) is 12.6. The van der Waals surface area contributed by atoms with E-state index in [4.69, 9.17) is 4.74 Å². The van der Waals surface area contributed by atoms with Gasteiger partial charge in [0.1, 0.15) is 5.75 Å². The van der Waals surface area contributed by atoms with Crippen molar-refractivity contribution in [2.24, 2.45) is 0 Å². The van der Waals surface area contributed by atoms with E-state index in [9.17, 15) is 4.79 Å². The molecule has 0 bridgehead atoms. The van der Waals surface area contributed by atoms with Gasteiger partial charge in [-0.3, -0.25) is 14.7 Å². The van der Waals surface area contributed by atoms with Crippen LogP contribution in [0, 0.1) is 0 Å². The van der Waals surface area contributed by atoms with Gasteiger partial charge in [0.05, 0.1) is 18.8 Å². The lowest BCUT2D eigenvalue weighted by Crippen LogP contribution is -2.35. The molecule has 0 aliphatic carbocycles. The van der Waals surface area contributed by atoms with Crippen molar-refractivity contribution in [1.29, 1.82) is 0 Å². The van der Waals surface area contributed by atoms with Gasteiger partial charge < -0.3 is 4.74 Å². The van der Waals surface area contributed by atoms with E-state index in [0.717, 1.165) is 11.4 Å². The number of hydrogen-bond donors (Lipinski definition) is 0. The molecule has 1 unspecified atom stereocenters. The smallest absolute Gasteiger partial charge is 0.179 e. The first-order chi connectivity index (χ1) is 10.1. The lowest BCUT2D eigenvalue weighted by Gasteiger charge is -2.23. The van der Waals surface area contributed by atoms with Crippen molar-refractivity contribution in [3.63, 3.8) is 0 Å². The average molecular weight is 284 g/mol. The summed E-state index contributed by atoms with van der Waals surface area (Å²) in [6.45, 7) is 2.55. The summed E-state index contributed by atoms with van der Waals surface area (Å²) in [5.41, 5.74) is 1.64. The van der Waals surface area contributed by atoms with Gasteiger partial charge in [-0.05, 0) is 50.4 Å². The van der Waals surface area contributed by atoms with Gasteiger partial charge in [-0.1, -0.05) is 6.07 Å². The van der Waals surface area contributed by atoms with E-state index in [1.165, 1.54) is 0 Å². The van der Waals surface area contributed by atoms with E-state index < -0.39 is 0 Å². The Morgan fingerprint density at radius 3 is 2.52 bits per heavy atom. The molecular formula is C17H20N2O2. The largest absolute Gasteiger partial charge is 0.497 e. The van der Waals surface area contributed by atoms with Crippen LogP contribution in [0.2, 0.25) is 0 Å². The van der Waals surface area contributed by atoms with Crippen molar-refractivity contribution < 1.29 is 9.53 Å². The summed E-state index contributed by atoms with van der Waals surface area (Å²) in [5, 5.41) is 0. The van der Waals surface area contributed by atoms with Gasteiger partial charge in [0.25, 0.3) is 0 Å². The molecule has 0 fully saturated rings. The van der Waals surface area contributed by atoms with E-state index in [1.54, 1.807) is 37.6 Å². The molecule has 0 spiro atoms. The van der Waals surface area contributed by atoms with Crippen molar-refractivity contribution in [3.05, 3.63) is 59.9 Å². The Morgan fingerprint density at radius 1 is 1.24 bits per heavy atom. The minimum atomic E-state index is -0.208.